The largest absolute Gasteiger partial charge is 0.573 e. The van der Waals surface area contributed by atoms with E-state index in [1.807, 2.05) is 0 Å². The van der Waals surface area contributed by atoms with Crippen LogP contribution in [-0.2, 0) is 0 Å². The van der Waals surface area contributed by atoms with E-state index in [2.05, 4.69) is 9.15 Å². The predicted molar refractivity (Wildman–Crippen MR) is 51.0 cm³/mol. The number of halogens is 3. The van der Waals surface area contributed by atoms with Crippen LogP contribution in [0, 0.1) is 0 Å². The molecule has 1 aromatic carbocycles. The van der Waals surface area contributed by atoms with Gasteiger partial charge in [-0.25, -0.2) is 9.36 Å². The summed E-state index contributed by atoms with van der Waals surface area (Å²) in [6.07, 6.45) is -2.18. The molecule has 2 aromatic rings. The Morgan fingerprint density at radius 1 is 1.18 bits per heavy atom. The van der Waals surface area contributed by atoms with Crippen LogP contribution in [0.5, 0.6) is 5.75 Å². The summed E-state index contributed by atoms with van der Waals surface area (Å²) in [4.78, 5) is 11.1. The zero-order valence-electron chi connectivity index (χ0n) is 8.27. The van der Waals surface area contributed by atoms with Gasteiger partial charge in [-0.15, -0.1) is 13.2 Å². The third kappa shape index (κ3) is 2.68. The van der Waals surface area contributed by atoms with Gasteiger partial charge < -0.3 is 9.15 Å². The Hall–Kier alpha value is -2.18. The summed E-state index contributed by atoms with van der Waals surface area (Å²) in [6, 6.07) is 4.86. The smallest absolute Gasteiger partial charge is 0.416 e. The number of ether oxygens (including phenoxy) is 1. The number of oxazole rings is 1. The SMILES string of the molecule is O=c1occn1-c1ccc(OC(F)(F)F)cc1. The van der Waals surface area contributed by atoms with E-state index in [0.29, 0.717) is 5.69 Å². The third-order valence-corrected chi connectivity index (χ3v) is 1.92. The molecule has 0 amide bonds. The van der Waals surface area contributed by atoms with E-state index in [9.17, 15) is 18.0 Å². The van der Waals surface area contributed by atoms with Crippen molar-refractivity contribution in [1.29, 1.82) is 0 Å². The van der Waals surface area contributed by atoms with Gasteiger partial charge in [0.25, 0.3) is 0 Å². The van der Waals surface area contributed by atoms with Gasteiger partial charge in [-0.05, 0) is 24.3 Å². The van der Waals surface area contributed by atoms with Crippen LogP contribution in [0.3, 0.4) is 0 Å². The molecular weight excluding hydrogens is 239 g/mol. The lowest BCUT2D eigenvalue weighted by molar-refractivity contribution is -0.274. The fourth-order valence-electron chi connectivity index (χ4n) is 1.27. The summed E-state index contributed by atoms with van der Waals surface area (Å²) in [5.41, 5.74) is 0.387. The Morgan fingerprint density at radius 3 is 2.29 bits per heavy atom. The molecule has 4 nitrogen and oxygen atoms in total. The van der Waals surface area contributed by atoms with Crippen LogP contribution in [0.4, 0.5) is 13.2 Å². The minimum absolute atomic E-state index is 0.349. The molecule has 0 unspecified atom stereocenters. The number of rotatable bonds is 2. The van der Waals surface area contributed by atoms with Crippen molar-refractivity contribution in [1.82, 2.24) is 4.57 Å². The molecule has 0 aliphatic rings. The summed E-state index contributed by atoms with van der Waals surface area (Å²) in [6.45, 7) is 0. The fraction of sp³-hybridized carbons (Fsp3) is 0.100. The molecule has 0 saturated heterocycles. The van der Waals surface area contributed by atoms with Crippen LogP contribution >= 0.6 is 0 Å². The molecule has 0 atom stereocenters. The highest BCUT2D eigenvalue weighted by Crippen LogP contribution is 2.23. The molecule has 7 heteroatoms. The zero-order valence-corrected chi connectivity index (χ0v) is 8.27. The Balaban J connectivity index is 2.25. The van der Waals surface area contributed by atoms with Crippen LogP contribution in [0.25, 0.3) is 5.69 Å². The summed E-state index contributed by atoms with van der Waals surface area (Å²) < 4.78 is 45.0. The molecule has 0 aliphatic carbocycles. The molecule has 2 rings (SSSR count). The first-order valence-corrected chi connectivity index (χ1v) is 4.48. The highest BCUT2D eigenvalue weighted by atomic mass is 19.4. The third-order valence-electron chi connectivity index (χ3n) is 1.92. The second-order valence-corrected chi connectivity index (χ2v) is 3.08. The first-order valence-electron chi connectivity index (χ1n) is 4.48. The molecule has 1 aromatic heterocycles. The van der Waals surface area contributed by atoms with Gasteiger partial charge >= 0.3 is 12.1 Å². The summed E-state index contributed by atoms with van der Waals surface area (Å²) in [5.74, 6) is -0.965. The van der Waals surface area contributed by atoms with E-state index in [0.717, 1.165) is 16.7 Å². The van der Waals surface area contributed by atoms with Crippen molar-refractivity contribution in [2.24, 2.45) is 0 Å². The number of nitrogens with zero attached hydrogens (tertiary/aromatic N) is 1. The van der Waals surface area contributed by atoms with Gasteiger partial charge in [0.1, 0.15) is 12.0 Å². The van der Waals surface area contributed by atoms with E-state index in [1.165, 1.54) is 24.6 Å². The van der Waals surface area contributed by atoms with Crippen LogP contribution in [-0.4, -0.2) is 10.9 Å². The van der Waals surface area contributed by atoms with Gasteiger partial charge in [0.2, 0.25) is 0 Å². The highest BCUT2D eigenvalue weighted by molar-refractivity contribution is 5.37. The second-order valence-electron chi connectivity index (χ2n) is 3.08. The molecular formula is C10H6F3NO3. The molecule has 0 N–H and O–H groups in total. The van der Waals surface area contributed by atoms with Crippen molar-refractivity contribution >= 4 is 0 Å². The number of benzene rings is 1. The summed E-state index contributed by atoms with van der Waals surface area (Å²) in [5, 5.41) is 0. The van der Waals surface area contributed by atoms with E-state index < -0.39 is 12.1 Å². The van der Waals surface area contributed by atoms with Crippen LogP contribution < -0.4 is 10.5 Å². The monoisotopic (exact) mass is 245 g/mol. The maximum Gasteiger partial charge on any atom is 0.573 e. The van der Waals surface area contributed by atoms with Crippen molar-refractivity contribution in [2.45, 2.75) is 6.36 Å². The van der Waals surface area contributed by atoms with Crippen molar-refractivity contribution in [2.75, 3.05) is 0 Å². The van der Waals surface area contributed by atoms with Crippen molar-refractivity contribution in [3.05, 3.63) is 47.3 Å². The first kappa shape index (κ1) is 11.3. The Bertz CT molecular complexity index is 553. The number of aromatic nitrogens is 1. The molecule has 17 heavy (non-hydrogen) atoms. The lowest BCUT2D eigenvalue weighted by atomic mass is 10.3. The molecule has 0 saturated carbocycles. The lowest BCUT2D eigenvalue weighted by Crippen LogP contribution is -2.17. The van der Waals surface area contributed by atoms with Crippen molar-refractivity contribution in [3.63, 3.8) is 0 Å². The number of alkyl halides is 3. The molecule has 0 fully saturated rings. The zero-order chi connectivity index (χ0) is 12.5. The van der Waals surface area contributed by atoms with Crippen molar-refractivity contribution in [3.8, 4) is 11.4 Å². The minimum Gasteiger partial charge on any atom is -0.416 e. The lowest BCUT2D eigenvalue weighted by Gasteiger charge is -2.08. The summed E-state index contributed by atoms with van der Waals surface area (Å²) >= 11 is 0. The Kier molecular flexibility index (Phi) is 2.66. The van der Waals surface area contributed by atoms with E-state index in [4.69, 9.17) is 0 Å². The average Bonchev–Trinajstić information content (AvgIpc) is 2.63. The average molecular weight is 245 g/mol. The maximum absolute atomic E-state index is 11.9. The molecule has 0 radical (unpaired) electrons. The van der Waals surface area contributed by atoms with E-state index in [1.54, 1.807) is 0 Å². The van der Waals surface area contributed by atoms with E-state index >= 15 is 0 Å². The highest BCUT2D eigenvalue weighted by Gasteiger charge is 2.30. The molecule has 0 aliphatic heterocycles. The fourth-order valence-corrected chi connectivity index (χ4v) is 1.27. The first-order chi connectivity index (χ1) is 7.96. The van der Waals surface area contributed by atoms with Gasteiger partial charge in [-0.2, -0.15) is 0 Å². The predicted octanol–water partition coefficient (Wildman–Crippen LogP) is 2.33. The van der Waals surface area contributed by atoms with E-state index in [-0.39, 0.29) is 5.75 Å². The quantitative estimate of drug-likeness (QED) is 0.815. The van der Waals surface area contributed by atoms with Gasteiger partial charge in [0, 0.05) is 0 Å². The second kappa shape index (κ2) is 4.00. The topological polar surface area (TPSA) is 44.4 Å². The van der Waals surface area contributed by atoms with Gasteiger partial charge in [-0.3, -0.25) is 0 Å². The number of hydrogen-bond donors (Lipinski definition) is 0. The Labute approximate surface area is 92.8 Å². The summed E-state index contributed by atoms with van der Waals surface area (Å²) in [7, 11) is 0. The standard InChI is InChI=1S/C10H6F3NO3/c11-10(12,13)17-8-3-1-7(2-4-8)14-5-6-16-9(14)15/h1-6H. The molecule has 0 bridgehead atoms. The molecule has 90 valence electrons. The molecule has 1 heterocycles. The Morgan fingerprint density at radius 2 is 1.82 bits per heavy atom. The minimum atomic E-state index is -4.73. The van der Waals surface area contributed by atoms with Gasteiger partial charge in [-0.1, -0.05) is 0 Å². The van der Waals surface area contributed by atoms with Crippen LogP contribution in [0.15, 0.2) is 45.9 Å². The normalized spacial score (nSPS) is 11.5. The van der Waals surface area contributed by atoms with Crippen LogP contribution in [0.2, 0.25) is 0 Å². The van der Waals surface area contributed by atoms with Crippen LogP contribution in [0.1, 0.15) is 0 Å². The maximum atomic E-state index is 11.9. The van der Waals surface area contributed by atoms with Gasteiger partial charge in [0.05, 0.1) is 11.9 Å². The van der Waals surface area contributed by atoms with Gasteiger partial charge in [0.15, 0.2) is 0 Å². The van der Waals surface area contributed by atoms with Crippen molar-refractivity contribution < 1.29 is 22.3 Å². The number of hydrogen-bond acceptors (Lipinski definition) is 3. The molecule has 0 spiro atoms.